The Labute approximate surface area is 156 Å². The zero-order chi connectivity index (χ0) is 18.4. The number of hydrogen-bond donors (Lipinski definition) is 0. The molecule has 1 fully saturated rings. The molecule has 138 valence electrons. The Morgan fingerprint density at radius 1 is 1.08 bits per heavy atom. The predicted octanol–water partition coefficient (Wildman–Crippen LogP) is 3.35. The Bertz CT molecular complexity index is 648. The number of rotatable bonds is 7. The summed E-state index contributed by atoms with van der Waals surface area (Å²) in [5, 5.41) is 0. The van der Waals surface area contributed by atoms with E-state index in [1.807, 2.05) is 50.5 Å². The first kappa shape index (κ1) is 18.6. The fourth-order valence-electron chi connectivity index (χ4n) is 3.60. The molecule has 1 unspecified atom stereocenters. The highest BCUT2D eigenvalue weighted by Crippen LogP contribution is 2.26. The smallest absolute Gasteiger partial charge is 0.239 e. The van der Waals surface area contributed by atoms with Crippen molar-refractivity contribution in [3.05, 3.63) is 71.8 Å². The molecule has 0 aliphatic carbocycles. The quantitative estimate of drug-likeness (QED) is 0.766. The van der Waals surface area contributed by atoms with Gasteiger partial charge in [0.05, 0.1) is 12.6 Å². The van der Waals surface area contributed by atoms with Crippen LogP contribution in [0.2, 0.25) is 0 Å². The molecule has 1 heterocycles. The highest BCUT2D eigenvalue weighted by atomic mass is 16.5. The Morgan fingerprint density at radius 3 is 2.19 bits per heavy atom. The van der Waals surface area contributed by atoms with Crippen LogP contribution in [0.4, 0.5) is 0 Å². The minimum Gasteiger partial charge on any atom is -0.367 e. The molecule has 1 aliphatic rings. The minimum absolute atomic E-state index is 0.000463. The van der Waals surface area contributed by atoms with Gasteiger partial charge in [-0.15, -0.1) is 0 Å². The van der Waals surface area contributed by atoms with Crippen molar-refractivity contribution in [1.29, 1.82) is 0 Å². The third kappa shape index (κ3) is 4.51. The number of nitrogens with zero attached hydrogens (tertiary/aromatic N) is 2. The number of ether oxygens (including phenoxy) is 1. The second kappa shape index (κ2) is 8.97. The summed E-state index contributed by atoms with van der Waals surface area (Å²) in [5.74, 6) is 0.199. The summed E-state index contributed by atoms with van der Waals surface area (Å²) < 4.78 is 6.30. The average Bonchev–Trinajstić information content (AvgIpc) is 3.14. The molecule has 2 aromatic carbocycles. The van der Waals surface area contributed by atoms with E-state index in [1.54, 1.807) is 4.90 Å². The number of benzene rings is 2. The largest absolute Gasteiger partial charge is 0.367 e. The van der Waals surface area contributed by atoms with E-state index in [-0.39, 0.29) is 18.1 Å². The first-order valence-electron chi connectivity index (χ1n) is 9.33. The molecule has 0 bridgehead atoms. The molecule has 1 aliphatic heterocycles. The molecular weight excluding hydrogens is 324 g/mol. The van der Waals surface area contributed by atoms with E-state index < -0.39 is 0 Å². The maximum atomic E-state index is 12.3. The molecule has 0 saturated carbocycles. The lowest BCUT2D eigenvalue weighted by molar-refractivity contribution is -0.133. The van der Waals surface area contributed by atoms with Crippen LogP contribution in [0.25, 0.3) is 0 Å². The second-order valence-corrected chi connectivity index (χ2v) is 7.00. The summed E-state index contributed by atoms with van der Waals surface area (Å²) in [4.78, 5) is 16.3. The molecule has 0 radical (unpaired) electrons. The number of likely N-dealkylation sites (N-methyl/N-ethyl adjacent to an activating group) is 1. The standard InChI is InChI=1S/C22H28N2O2/c1-23(2)22(25)20-14-9-15-24(20)16-17-26-21(18-10-5-3-6-11-18)19-12-7-4-8-13-19/h3-8,10-13,20-21H,9,14-17H2,1-2H3. The number of hydrogen-bond acceptors (Lipinski definition) is 3. The van der Waals surface area contributed by atoms with Crippen molar-refractivity contribution in [3.8, 4) is 0 Å². The lowest BCUT2D eigenvalue weighted by Gasteiger charge is -2.27. The van der Waals surface area contributed by atoms with Gasteiger partial charge in [-0.1, -0.05) is 60.7 Å². The fraction of sp³-hybridized carbons (Fsp3) is 0.409. The fourth-order valence-corrected chi connectivity index (χ4v) is 3.60. The molecule has 1 amide bonds. The third-order valence-electron chi connectivity index (χ3n) is 4.96. The van der Waals surface area contributed by atoms with E-state index in [9.17, 15) is 4.79 Å². The highest BCUT2D eigenvalue weighted by Gasteiger charge is 2.31. The molecule has 0 aromatic heterocycles. The van der Waals surface area contributed by atoms with Gasteiger partial charge in [-0.2, -0.15) is 0 Å². The first-order chi connectivity index (χ1) is 12.7. The Kier molecular flexibility index (Phi) is 6.42. The SMILES string of the molecule is CN(C)C(=O)C1CCCN1CCOC(c1ccccc1)c1ccccc1. The van der Waals surface area contributed by atoms with Gasteiger partial charge >= 0.3 is 0 Å². The van der Waals surface area contributed by atoms with Crippen molar-refractivity contribution in [2.45, 2.75) is 25.0 Å². The second-order valence-electron chi connectivity index (χ2n) is 7.00. The molecular formula is C22H28N2O2. The molecule has 4 heteroatoms. The van der Waals surface area contributed by atoms with Crippen LogP contribution in [0.1, 0.15) is 30.1 Å². The summed E-state index contributed by atoms with van der Waals surface area (Å²) in [6.45, 7) is 2.35. The highest BCUT2D eigenvalue weighted by molar-refractivity contribution is 5.81. The Hall–Kier alpha value is -2.17. The van der Waals surface area contributed by atoms with Gasteiger partial charge < -0.3 is 9.64 Å². The van der Waals surface area contributed by atoms with E-state index in [0.29, 0.717) is 6.61 Å². The van der Waals surface area contributed by atoms with Gasteiger partial charge in [0, 0.05) is 20.6 Å². The van der Waals surface area contributed by atoms with Gasteiger partial charge in [0.15, 0.2) is 0 Å². The van der Waals surface area contributed by atoms with Crippen LogP contribution in [-0.2, 0) is 9.53 Å². The number of likely N-dealkylation sites (tertiary alicyclic amines) is 1. The lowest BCUT2D eigenvalue weighted by Crippen LogP contribution is -2.43. The van der Waals surface area contributed by atoms with Crippen LogP contribution >= 0.6 is 0 Å². The van der Waals surface area contributed by atoms with Crippen molar-refractivity contribution < 1.29 is 9.53 Å². The van der Waals surface area contributed by atoms with Gasteiger partial charge in [-0.25, -0.2) is 0 Å². The summed E-state index contributed by atoms with van der Waals surface area (Å²) in [7, 11) is 3.66. The first-order valence-corrected chi connectivity index (χ1v) is 9.33. The van der Waals surface area contributed by atoms with E-state index in [4.69, 9.17) is 4.74 Å². The van der Waals surface area contributed by atoms with Crippen molar-refractivity contribution in [3.63, 3.8) is 0 Å². The van der Waals surface area contributed by atoms with Crippen LogP contribution in [0, 0.1) is 0 Å². The summed E-state index contributed by atoms with van der Waals surface area (Å²) in [6, 6.07) is 20.6. The average molecular weight is 352 g/mol. The number of carbonyl (C=O) groups is 1. The number of amides is 1. The van der Waals surface area contributed by atoms with Gasteiger partial charge in [0.25, 0.3) is 0 Å². The molecule has 2 aromatic rings. The van der Waals surface area contributed by atoms with Crippen molar-refractivity contribution in [2.75, 3.05) is 33.8 Å². The van der Waals surface area contributed by atoms with Crippen molar-refractivity contribution >= 4 is 5.91 Å². The van der Waals surface area contributed by atoms with Gasteiger partial charge in [0.1, 0.15) is 6.10 Å². The molecule has 3 rings (SSSR count). The van der Waals surface area contributed by atoms with E-state index >= 15 is 0 Å². The maximum Gasteiger partial charge on any atom is 0.239 e. The third-order valence-corrected chi connectivity index (χ3v) is 4.96. The molecule has 1 atom stereocenters. The molecule has 0 N–H and O–H groups in total. The van der Waals surface area contributed by atoms with Crippen LogP contribution in [-0.4, -0.2) is 55.5 Å². The van der Waals surface area contributed by atoms with Crippen LogP contribution < -0.4 is 0 Å². The summed E-state index contributed by atoms with van der Waals surface area (Å²) in [5.41, 5.74) is 2.31. The van der Waals surface area contributed by atoms with E-state index in [0.717, 1.165) is 37.1 Å². The van der Waals surface area contributed by atoms with Crippen LogP contribution in [0.3, 0.4) is 0 Å². The molecule has 0 spiro atoms. The maximum absolute atomic E-state index is 12.3. The Balaban J connectivity index is 1.64. The van der Waals surface area contributed by atoms with Crippen molar-refractivity contribution in [1.82, 2.24) is 9.80 Å². The van der Waals surface area contributed by atoms with Crippen LogP contribution in [0.5, 0.6) is 0 Å². The van der Waals surface area contributed by atoms with Gasteiger partial charge in [-0.3, -0.25) is 9.69 Å². The normalized spacial score (nSPS) is 17.6. The number of carbonyl (C=O) groups excluding carboxylic acids is 1. The van der Waals surface area contributed by atoms with E-state index in [1.165, 1.54) is 0 Å². The van der Waals surface area contributed by atoms with E-state index in [2.05, 4.69) is 29.2 Å². The summed E-state index contributed by atoms with van der Waals surface area (Å²) >= 11 is 0. The van der Waals surface area contributed by atoms with Crippen molar-refractivity contribution in [2.24, 2.45) is 0 Å². The molecule has 4 nitrogen and oxygen atoms in total. The lowest BCUT2D eigenvalue weighted by atomic mass is 10.0. The van der Waals surface area contributed by atoms with Gasteiger partial charge in [-0.05, 0) is 30.5 Å². The zero-order valence-corrected chi connectivity index (χ0v) is 15.7. The monoisotopic (exact) mass is 352 g/mol. The van der Waals surface area contributed by atoms with Gasteiger partial charge in [0.2, 0.25) is 5.91 Å². The molecule has 1 saturated heterocycles. The van der Waals surface area contributed by atoms with Crippen LogP contribution in [0.15, 0.2) is 60.7 Å². The summed E-state index contributed by atoms with van der Waals surface area (Å²) in [6.07, 6.45) is 1.94. The predicted molar refractivity (Wildman–Crippen MR) is 104 cm³/mol. The Morgan fingerprint density at radius 2 is 1.65 bits per heavy atom. The minimum atomic E-state index is -0.0806. The zero-order valence-electron chi connectivity index (χ0n) is 15.7. The molecule has 26 heavy (non-hydrogen) atoms. The topological polar surface area (TPSA) is 32.8 Å².